The van der Waals surface area contributed by atoms with Crippen molar-refractivity contribution in [2.75, 3.05) is 36.0 Å². The molecule has 0 saturated carbocycles. The SMILES string of the molecule is CC(C(=O)N1c2ccccc2CCc2ccc(Cl)cc21)N1CCN(c2cccc(Cl)c2Cl)CC1.O=C(O)C(=O)O. The summed E-state index contributed by atoms with van der Waals surface area (Å²) < 4.78 is 0. The molecule has 11 heteroatoms. The third-order valence-corrected chi connectivity index (χ3v) is 8.12. The number of carbonyl (C=O) groups excluding carboxylic acids is 1. The van der Waals surface area contributed by atoms with Crippen LogP contribution in [-0.4, -0.2) is 65.2 Å². The van der Waals surface area contributed by atoms with Crippen LogP contribution in [0.3, 0.4) is 0 Å². The summed E-state index contributed by atoms with van der Waals surface area (Å²) in [6, 6.07) is 19.5. The molecule has 0 radical (unpaired) electrons. The average Bonchev–Trinajstić information content (AvgIpc) is 3.10. The number of rotatable bonds is 3. The van der Waals surface area contributed by atoms with Crippen molar-refractivity contribution >= 4 is 69.7 Å². The summed E-state index contributed by atoms with van der Waals surface area (Å²) in [5.41, 5.74) is 5.10. The second kappa shape index (κ2) is 12.9. The van der Waals surface area contributed by atoms with E-state index in [9.17, 15) is 4.79 Å². The Bertz CT molecular complexity index is 1410. The van der Waals surface area contributed by atoms with E-state index in [1.165, 1.54) is 5.56 Å². The minimum absolute atomic E-state index is 0.0621. The molecule has 2 N–H and O–H groups in total. The highest BCUT2D eigenvalue weighted by Gasteiger charge is 2.33. The molecule has 1 saturated heterocycles. The van der Waals surface area contributed by atoms with Crippen LogP contribution in [0.15, 0.2) is 60.7 Å². The largest absolute Gasteiger partial charge is 0.473 e. The van der Waals surface area contributed by atoms with Gasteiger partial charge in [0.1, 0.15) is 0 Å². The van der Waals surface area contributed by atoms with Gasteiger partial charge >= 0.3 is 11.9 Å². The Hall–Kier alpha value is -3.30. The molecule has 2 aliphatic rings. The molecular weight excluding hydrogens is 577 g/mol. The lowest BCUT2D eigenvalue weighted by Gasteiger charge is -2.40. The van der Waals surface area contributed by atoms with Crippen molar-refractivity contribution in [3.63, 3.8) is 0 Å². The van der Waals surface area contributed by atoms with Gasteiger partial charge in [0.15, 0.2) is 0 Å². The van der Waals surface area contributed by atoms with Gasteiger partial charge in [-0.1, -0.05) is 65.1 Å². The smallest absolute Gasteiger partial charge is 0.414 e. The molecule has 3 aromatic rings. The van der Waals surface area contributed by atoms with Crippen molar-refractivity contribution in [1.29, 1.82) is 0 Å². The van der Waals surface area contributed by atoms with Crippen molar-refractivity contribution in [3.8, 4) is 0 Å². The predicted molar refractivity (Wildman–Crippen MR) is 157 cm³/mol. The van der Waals surface area contributed by atoms with Crippen molar-refractivity contribution in [2.24, 2.45) is 0 Å². The first-order valence-electron chi connectivity index (χ1n) is 12.7. The molecule has 2 heterocycles. The van der Waals surface area contributed by atoms with Crippen LogP contribution in [0.4, 0.5) is 17.1 Å². The van der Waals surface area contributed by atoms with Gasteiger partial charge in [-0.2, -0.15) is 0 Å². The number of aliphatic carboxylic acids is 2. The van der Waals surface area contributed by atoms with Gasteiger partial charge in [0, 0.05) is 31.2 Å². The Morgan fingerprint density at radius 3 is 2.00 bits per heavy atom. The van der Waals surface area contributed by atoms with E-state index in [4.69, 9.17) is 54.6 Å². The topological polar surface area (TPSA) is 101 Å². The highest BCUT2D eigenvalue weighted by atomic mass is 35.5. The number of carboxylic acid groups (broad SMARTS) is 2. The van der Waals surface area contributed by atoms with Crippen LogP contribution in [0.25, 0.3) is 0 Å². The highest BCUT2D eigenvalue weighted by Crippen LogP contribution is 2.38. The number of piperazine rings is 1. The summed E-state index contributed by atoms with van der Waals surface area (Å²) in [6.07, 6.45) is 1.77. The average molecular weight is 605 g/mol. The molecular formula is C29H28Cl3N3O5. The van der Waals surface area contributed by atoms with Crippen LogP contribution in [0.2, 0.25) is 15.1 Å². The van der Waals surface area contributed by atoms with E-state index in [-0.39, 0.29) is 11.9 Å². The van der Waals surface area contributed by atoms with Crippen molar-refractivity contribution < 1.29 is 24.6 Å². The number of carbonyl (C=O) groups is 3. The molecule has 2 aliphatic heterocycles. The molecule has 3 aromatic carbocycles. The number of halogens is 3. The number of para-hydroxylation sites is 1. The van der Waals surface area contributed by atoms with E-state index < -0.39 is 11.9 Å². The fourth-order valence-electron chi connectivity index (χ4n) is 4.96. The van der Waals surface area contributed by atoms with E-state index in [0.717, 1.165) is 61.6 Å². The van der Waals surface area contributed by atoms with Crippen LogP contribution in [-0.2, 0) is 27.2 Å². The molecule has 5 rings (SSSR count). The van der Waals surface area contributed by atoms with Gasteiger partial charge in [0.05, 0.1) is 33.1 Å². The number of anilines is 3. The Kier molecular flexibility index (Phi) is 9.58. The summed E-state index contributed by atoms with van der Waals surface area (Å²) in [5, 5.41) is 16.6. The number of nitrogens with zero attached hydrogens (tertiary/aromatic N) is 3. The first-order valence-corrected chi connectivity index (χ1v) is 13.8. The zero-order valence-electron chi connectivity index (χ0n) is 21.7. The number of aryl methyl sites for hydroxylation is 2. The monoisotopic (exact) mass is 603 g/mol. The quantitative estimate of drug-likeness (QED) is 0.366. The van der Waals surface area contributed by atoms with Gasteiger partial charge in [0.2, 0.25) is 5.91 Å². The Balaban J connectivity index is 0.000000557. The third kappa shape index (κ3) is 6.53. The van der Waals surface area contributed by atoms with E-state index in [2.05, 4.69) is 15.9 Å². The lowest BCUT2D eigenvalue weighted by Crippen LogP contribution is -2.54. The van der Waals surface area contributed by atoms with Crippen molar-refractivity contribution in [2.45, 2.75) is 25.8 Å². The normalized spacial score (nSPS) is 15.6. The van der Waals surface area contributed by atoms with Crippen molar-refractivity contribution in [3.05, 3.63) is 86.9 Å². The van der Waals surface area contributed by atoms with Crippen LogP contribution in [0.5, 0.6) is 0 Å². The maximum Gasteiger partial charge on any atom is 0.414 e. The number of fused-ring (bicyclic) bond motifs is 2. The molecule has 0 aliphatic carbocycles. The lowest BCUT2D eigenvalue weighted by molar-refractivity contribution is -0.159. The van der Waals surface area contributed by atoms with Crippen LogP contribution in [0.1, 0.15) is 18.1 Å². The standard InChI is InChI=1S/C27H26Cl3N3O.C2H2O4/c1-18(31-13-15-32(16-14-31)24-8-4-6-22(29)26(24)30)27(34)33-23-7-3-2-5-19(23)9-10-20-11-12-21(28)17-25(20)33;3-1(4)2(5)6/h2-8,11-12,17-18H,9-10,13-16H2,1H3;(H,3,4)(H,5,6). The van der Waals surface area contributed by atoms with Gasteiger partial charge in [-0.15, -0.1) is 0 Å². The van der Waals surface area contributed by atoms with Crippen LogP contribution < -0.4 is 9.80 Å². The summed E-state index contributed by atoms with van der Waals surface area (Å²) in [5.74, 6) is -3.59. The first kappa shape index (κ1) is 29.7. The number of hydrogen-bond acceptors (Lipinski definition) is 5. The maximum absolute atomic E-state index is 14.0. The molecule has 40 heavy (non-hydrogen) atoms. The van der Waals surface area contributed by atoms with Gasteiger partial charge in [-0.3, -0.25) is 14.6 Å². The molecule has 0 aromatic heterocycles. The maximum atomic E-state index is 14.0. The third-order valence-electron chi connectivity index (χ3n) is 7.08. The molecule has 1 atom stereocenters. The summed E-state index contributed by atoms with van der Waals surface area (Å²) in [4.78, 5) is 38.6. The minimum Gasteiger partial charge on any atom is -0.473 e. The molecule has 8 nitrogen and oxygen atoms in total. The zero-order chi connectivity index (χ0) is 29.0. The number of hydrogen-bond donors (Lipinski definition) is 2. The second-order valence-corrected chi connectivity index (χ2v) is 10.7. The molecule has 1 fully saturated rings. The Morgan fingerprint density at radius 2 is 1.35 bits per heavy atom. The fourth-order valence-corrected chi connectivity index (χ4v) is 5.54. The predicted octanol–water partition coefficient (Wildman–Crippen LogP) is 5.78. The summed E-state index contributed by atoms with van der Waals surface area (Å²) >= 11 is 19.0. The summed E-state index contributed by atoms with van der Waals surface area (Å²) in [6.45, 7) is 5.07. The van der Waals surface area contributed by atoms with Crippen LogP contribution >= 0.6 is 34.8 Å². The van der Waals surface area contributed by atoms with E-state index >= 15 is 0 Å². The molecule has 1 unspecified atom stereocenters. The summed E-state index contributed by atoms with van der Waals surface area (Å²) in [7, 11) is 0. The minimum atomic E-state index is -1.82. The molecule has 0 bridgehead atoms. The molecule has 0 spiro atoms. The van der Waals surface area contributed by atoms with Gasteiger partial charge in [-0.05, 0) is 61.2 Å². The molecule has 1 amide bonds. The highest BCUT2D eigenvalue weighted by molar-refractivity contribution is 6.43. The number of benzene rings is 3. The Labute approximate surface area is 247 Å². The van der Waals surface area contributed by atoms with E-state index in [0.29, 0.717) is 15.1 Å². The van der Waals surface area contributed by atoms with E-state index in [1.807, 2.05) is 60.4 Å². The van der Waals surface area contributed by atoms with Gasteiger partial charge in [0.25, 0.3) is 0 Å². The second-order valence-electron chi connectivity index (χ2n) is 9.46. The van der Waals surface area contributed by atoms with Crippen molar-refractivity contribution in [1.82, 2.24) is 4.90 Å². The number of carboxylic acids is 2. The zero-order valence-corrected chi connectivity index (χ0v) is 24.0. The lowest BCUT2D eigenvalue weighted by atomic mass is 10.0. The van der Waals surface area contributed by atoms with Gasteiger partial charge in [-0.25, -0.2) is 9.59 Å². The Morgan fingerprint density at radius 1 is 0.750 bits per heavy atom. The molecule has 210 valence electrons. The van der Waals surface area contributed by atoms with Gasteiger partial charge < -0.3 is 15.1 Å². The van der Waals surface area contributed by atoms with Crippen LogP contribution in [0, 0.1) is 0 Å². The first-order chi connectivity index (χ1) is 19.1. The number of amides is 1. The van der Waals surface area contributed by atoms with E-state index in [1.54, 1.807) is 6.07 Å². The fraction of sp³-hybridized carbons (Fsp3) is 0.276.